The highest BCUT2D eigenvalue weighted by molar-refractivity contribution is 6.30. The zero-order chi connectivity index (χ0) is 21.1. The smallest absolute Gasteiger partial charge is 0.251 e. The van der Waals surface area contributed by atoms with Crippen LogP contribution in [0.3, 0.4) is 0 Å². The summed E-state index contributed by atoms with van der Waals surface area (Å²) in [4.78, 5) is 12.8. The molecule has 1 atom stereocenters. The number of rotatable bonds is 6. The molecule has 1 heterocycles. The van der Waals surface area contributed by atoms with Gasteiger partial charge in [0.05, 0.1) is 31.4 Å². The molecule has 1 amide bonds. The molecule has 152 valence electrons. The third kappa shape index (κ3) is 4.31. The van der Waals surface area contributed by atoms with Crippen LogP contribution in [0.2, 0.25) is 5.02 Å². The molecule has 1 N–H and O–H groups in total. The highest BCUT2D eigenvalue weighted by atomic mass is 35.5. The van der Waals surface area contributed by atoms with Gasteiger partial charge in [0.25, 0.3) is 5.91 Å². The van der Waals surface area contributed by atoms with Crippen LogP contribution in [0.15, 0.2) is 72.9 Å². The number of aromatic nitrogens is 2. The first-order chi connectivity index (χ1) is 14.5. The number of halogens is 1. The number of methoxy groups -OCH3 is 1. The Morgan fingerprint density at radius 1 is 1.13 bits per heavy atom. The van der Waals surface area contributed by atoms with E-state index < -0.39 is 0 Å². The topological polar surface area (TPSA) is 56.1 Å². The minimum absolute atomic E-state index is 0.129. The van der Waals surface area contributed by atoms with Crippen LogP contribution >= 0.6 is 11.6 Å². The number of hydrogen-bond donors (Lipinski definition) is 1. The molecule has 0 spiro atoms. The van der Waals surface area contributed by atoms with E-state index in [0.29, 0.717) is 17.1 Å². The summed E-state index contributed by atoms with van der Waals surface area (Å²) in [5.41, 5.74) is 3.56. The second kappa shape index (κ2) is 8.59. The maximum atomic E-state index is 12.8. The van der Waals surface area contributed by atoms with Gasteiger partial charge in [-0.05, 0) is 54.4 Å². The van der Waals surface area contributed by atoms with E-state index in [4.69, 9.17) is 16.3 Å². The fourth-order valence-electron chi connectivity index (χ4n) is 3.40. The van der Waals surface area contributed by atoms with Gasteiger partial charge in [0.2, 0.25) is 0 Å². The Morgan fingerprint density at radius 2 is 1.93 bits per heavy atom. The van der Waals surface area contributed by atoms with Crippen molar-refractivity contribution in [3.05, 3.63) is 94.6 Å². The summed E-state index contributed by atoms with van der Waals surface area (Å²) in [5.74, 6) is 0.659. The third-order valence-corrected chi connectivity index (χ3v) is 5.33. The molecule has 4 aromatic rings. The molecule has 0 fully saturated rings. The van der Waals surface area contributed by atoms with Gasteiger partial charge in [-0.25, -0.2) is 0 Å². The van der Waals surface area contributed by atoms with Gasteiger partial charge in [0, 0.05) is 16.0 Å². The molecule has 0 saturated heterocycles. The van der Waals surface area contributed by atoms with E-state index in [-0.39, 0.29) is 11.9 Å². The average Bonchev–Trinajstić information content (AvgIpc) is 3.15. The molecule has 0 bridgehead atoms. The number of carbonyl (C=O) groups is 1. The van der Waals surface area contributed by atoms with E-state index in [1.54, 1.807) is 7.11 Å². The lowest BCUT2D eigenvalue weighted by molar-refractivity contribution is 0.0940. The van der Waals surface area contributed by atoms with E-state index in [9.17, 15) is 4.79 Å². The minimum atomic E-state index is -0.129. The fraction of sp³-hybridized carbons (Fsp3) is 0.167. The van der Waals surface area contributed by atoms with E-state index in [0.717, 1.165) is 27.8 Å². The third-order valence-electron chi connectivity index (χ3n) is 5.09. The minimum Gasteiger partial charge on any atom is -0.497 e. The quantitative estimate of drug-likeness (QED) is 0.465. The number of nitrogens with one attached hydrogen (secondary N) is 1. The number of ether oxygens (including phenoxy) is 1. The van der Waals surface area contributed by atoms with Gasteiger partial charge in [-0.15, -0.1) is 0 Å². The number of carbonyl (C=O) groups excluding carboxylic acids is 1. The molecule has 0 aliphatic heterocycles. The van der Waals surface area contributed by atoms with Crippen LogP contribution in [0.5, 0.6) is 5.75 Å². The largest absolute Gasteiger partial charge is 0.497 e. The molecular formula is C24H22ClN3O2. The lowest BCUT2D eigenvalue weighted by Gasteiger charge is -2.15. The predicted octanol–water partition coefficient (Wildman–Crippen LogP) is 5.24. The molecule has 3 aromatic carbocycles. The Hall–Kier alpha value is -3.31. The average molecular weight is 420 g/mol. The normalized spacial score (nSPS) is 12.0. The Bertz CT molecular complexity index is 1180. The van der Waals surface area contributed by atoms with Crippen LogP contribution < -0.4 is 10.1 Å². The molecule has 1 aromatic heterocycles. The first-order valence-electron chi connectivity index (χ1n) is 9.68. The standard InChI is InChI=1S/C24H22ClN3O2/c1-16(18-8-10-22(30-2)11-9-18)27-24(29)19-6-7-20-14-26-28(23(20)13-19)15-17-4-3-5-21(25)12-17/h3-14,16H,15H2,1-2H3,(H,27,29). The first-order valence-corrected chi connectivity index (χ1v) is 10.1. The summed E-state index contributed by atoms with van der Waals surface area (Å²) in [6.45, 7) is 2.54. The molecule has 0 aliphatic rings. The van der Waals surface area contributed by atoms with Crippen molar-refractivity contribution in [3.8, 4) is 5.75 Å². The lowest BCUT2D eigenvalue weighted by Crippen LogP contribution is -2.26. The highest BCUT2D eigenvalue weighted by Gasteiger charge is 2.14. The maximum Gasteiger partial charge on any atom is 0.251 e. The molecule has 5 nitrogen and oxygen atoms in total. The maximum absolute atomic E-state index is 12.8. The molecule has 0 aliphatic carbocycles. The summed E-state index contributed by atoms with van der Waals surface area (Å²) in [5, 5.41) is 9.21. The predicted molar refractivity (Wildman–Crippen MR) is 119 cm³/mol. The molecule has 1 unspecified atom stereocenters. The highest BCUT2D eigenvalue weighted by Crippen LogP contribution is 2.21. The van der Waals surface area contributed by atoms with Gasteiger partial charge in [0.1, 0.15) is 5.75 Å². The second-order valence-corrected chi connectivity index (χ2v) is 7.61. The zero-order valence-corrected chi connectivity index (χ0v) is 17.6. The molecular weight excluding hydrogens is 398 g/mol. The first kappa shape index (κ1) is 20.0. The van der Waals surface area contributed by atoms with E-state index in [1.165, 1.54) is 0 Å². The van der Waals surface area contributed by atoms with Crippen LogP contribution in [0.4, 0.5) is 0 Å². The van der Waals surface area contributed by atoms with E-state index in [2.05, 4.69) is 10.4 Å². The van der Waals surface area contributed by atoms with Crippen LogP contribution in [0.25, 0.3) is 10.9 Å². The Kier molecular flexibility index (Phi) is 5.72. The fourth-order valence-corrected chi connectivity index (χ4v) is 3.61. The van der Waals surface area contributed by atoms with Gasteiger partial charge in [-0.2, -0.15) is 5.10 Å². The number of benzene rings is 3. The van der Waals surface area contributed by atoms with Gasteiger partial charge in [-0.1, -0.05) is 41.9 Å². The summed E-state index contributed by atoms with van der Waals surface area (Å²) in [6.07, 6.45) is 1.81. The van der Waals surface area contributed by atoms with E-state index >= 15 is 0 Å². The van der Waals surface area contributed by atoms with Crippen molar-refractivity contribution in [3.63, 3.8) is 0 Å². The van der Waals surface area contributed by atoms with Crippen molar-refractivity contribution in [2.45, 2.75) is 19.5 Å². The van der Waals surface area contributed by atoms with Crippen molar-refractivity contribution >= 4 is 28.4 Å². The van der Waals surface area contributed by atoms with Crippen LogP contribution in [-0.4, -0.2) is 22.8 Å². The van der Waals surface area contributed by atoms with Gasteiger partial charge < -0.3 is 10.1 Å². The second-order valence-electron chi connectivity index (χ2n) is 7.17. The monoisotopic (exact) mass is 419 g/mol. The molecule has 4 rings (SSSR count). The van der Waals surface area contributed by atoms with Crippen molar-refractivity contribution in [1.82, 2.24) is 15.1 Å². The Labute approximate surface area is 180 Å². The van der Waals surface area contributed by atoms with Crippen LogP contribution in [0, 0.1) is 0 Å². The van der Waals surface area contributed by atoms with Crippen molar-refractivity contribution in [2.24, 2.45) is 0 Å². The summed E-state index contributed by atoms with van der Waals surface area (Å²) < 4.78 is 7.07. The SMILES string of the molecule is COc1ccc(C(C)NC(=O)c2ccc3cnn(Cc4cccc(Cl)c4)c3c2)cc1. The van der Waals surface area contributed by atoms with Gasteiger partial charge in [0.15, 0.2) is 0 Å². The molecule has 30 heavy (non-hydrogen) atoms. The Morgan fingerprint density at radius 3 is 2.67 bits per heavy atom. The molecule has 0 saturated carbocycles. The summed E-state index contributed by atoms with van der Waals surface area (Å²) >= 11 is 6.10. The molecule has 6 heteroatoms. The van der Waals surface area contributed by atoms with Crippen LogP contribution in [-0.2, 0) is 6.54 Å². The van der Waals surface area contributed by atoms with Crippen molar-refractivity contribution in [1.29, 1.82) is 0 Å². The number of fused-ring (bicyclic) bond motifs is 1. The lowest BCUT2D eigenvalue weighted by atomic mass is 10.1. The number of amides is 1. The summed E-state index contributed by atoms with van der Waals surface area (Å²) in [6, 6.07) is 20.9. The number of hydrogen-bond acceptors (Lipinski definition) is 3. The van der Waals surface area contributed by atoms with Crippen LogP contribution in [0.1, 0.15) is 34.5 Å². The van der Waals surface area contributed by atoms with Crippen molar-refractivity contribution < 1.29 is 9.53 Å². The summed E-state index contributed by atoms with van der Waals surface area (Å²) in [7, 11) is 1.63. The van der Waals surface area contributed by atoms with Gasteiger partial charge in [-0.3, -0.25) is 9.48 Å². The molecule has 0 radical (unpaired) electrons. The van der Waals surface area contributed by atoms with E-state index in [1.807, 2.05) is 84.5 Å². The van der Waals surface area contributed by atoms with Crippen molar-refractivity contribution in [2.75, 3.05) is 7.11 Å². The Balaban J connectivity index is 1.54. The number of nitrogens with zero attached hydrogens (tertiary/aromatic N) is 2. The zero-order valence-electron chi connectivity index (χ0n) is 16.8. The van der Waals surface area contributed by atoms with Gasteiger partial charge >= 0.3 is 0 Å².